The van der Waals surface area contributed by atoms with Crippen LogP contribution in [0.5, 0.6) is 5.75 Å². The van der Waals surface area contributed by atoms with Crippen molar-refractivity contribution in [3.63, 3.8) is 0 Å². The third-order valence-corrected chi connectivity index (χ3v) is 4.63. The van der Waals surface area contributed by atoms with Crippen LogP contribution in [-0.4, -0.2) is 45.7 Å². The number of hydrogen-bond acceptors (Lipinski definition) is 4. The van der Waals surface area contributed by atoms with Gasteiger partial charge in [0.2, 0.25) is 0 Å². The van der Waals surface area contributed by atoms with E-state index >= 15 is 0 Å². The van der Waals surface area contributed by atoms with Crippen LogP contribution in [0.4, 0.5) is 0 Å². The lowest BCUT2D eigenvalue weighted by Gasteiger charge is -2.13. The lowest BCUT2D eigenvalue weighted by molar-refractivity contribution is 0.0948. The van der Waals surface area contributed by atoms with Crippen molar-refractivity contribution in [2.45, 2.75) is 12.3 Å². The highest BCUT2D eigenvalue weighted by molar-refractivity contribution is 6.02. The summed E-state index contributed by atoms with van der Waals surface area (Å²) >= 11 is 0. The summed E-state index contributed by atoms with van der Waals surface area (Å²) in [6.45, 7) is 1.54. The lowest BCUT2D eigenvalue weighted by atomic mass is 9.90. The van der Waals surface area contributed by atoms with Crippen molar-refractivity contribution >= 4 is 11.8 Å². The largest absolute Gasteiger partial charge is 0.491 e. The van der Waals surface area contributed by atoms with E-state index in [2.05, 4.69) is 10.6 Å². The molecule has 2 aromatic carbocycles. The Morgan fingerprint density at radius 3 is 2.67 bits per heavy atom. The van der Waals surface area contributed by atoms with Gasteiger partial charge in [-0.15, -0.1) is 0 Å². The second-order valence-corrected chi connectivity index (χ2v) is 6.40. The van der Waals surface area contributed by atoms with Crippen molar-refractivity contribution in [1.29, 1.82) is 0 Å². The second kappa shape index (κ2) is 8.68. The van der Waals surface area contributed by atoms with Crippen LogP contribution >= 0.6 is 0 Å². The minimum absolute atomic E-state index is 0.00847. The molecule has 2 aromatic rings. The Kier molecular flexibility index (Phi) is 6.08. The van der Waals surface area contributed by atoms with Crippen LogP contribution < -0.4 is 15.4 Å². The van der Waals surface area contributed by atoms with E-state index in [1.165, 1.54) is 0 Å². The lowest BCUT2D eigenvalue weighted by Crippen LogP contribution is -2.26. The van der Waals surface area contributed by atoms with Gasteiger partial charge in [0.1, 0.15) is 5.75 Å². The zero-order valence-corrected chi connectivity index (χ0v) is 15.6. The van der Waals surface area contributed by atoms with E-state index in [4.69, 9.17) is 9.47 Å². The fraction of sp³-hybridized carbons (Fsp3) is 0.333. The number of ether oxygens (including phenoxy) is 2. The van der Waals surface area contributed by atoms with Crippen LogP contribution in [0.3, 0.4) is 0 Å². The fourth-order valence-corrected chi connectivity index (χ4v) is 3.24. The highest BCUT2D eigenvalue weighted by atomic mass is 16.5. The Hall–Kier alpha value is -2.86. The molecule has 6 heteroatoms. The van der Waals surface area contributed by atoms with E-state index in [0.29, 0.717) is 36.6 Å². The Bertz CT molecular complexity index is 820. The number of carbonyl (C=O) groups is 2. The Morgan fingerprint density at radius 2 is 1.96 bits per heavy atom. The summed E-state index contributed by atoms with van der Waals surface area (Å²) in [5.41, 5.74) is 2.80. The molecule has 0 fully saturated rings. The number of nitrogens with one attached hydrogen (secondary N) is 2. The zero-order valence-electron chi connectivity index (χ0n) is 15.6. The van der Waals surface area contributed by atoms with Crippen molar-refractivity contribution in [1.82, 2.24) is 10.6 Å². The number of carbonyl (C=O) groups excluding carboxylic acids is 2. The van der Waals surface area contributed by atoms with Crippen molar-refractivity contribution in [2.75, 3.05) is 33.9 Å². The number of methoxy groups -OCH3 is 1. The first kappa shape index (κ1) is 18.9. The number of hydrogen-bond donors (Lipinski definition) is 2. The van der Waals surface area contributed by atoms with Crippen LogP contribution in [0, 0.1) is 0 Å². The smallest absolute Gasteiger partial charge is 0.254 e. The van der Waals surface area contributed by atoms with E-state index in [1.807, 2.05) is 36.4 Å². The van der Waals surface area contributed by atoms with Gasteiger partial charge in [-0.05, 0) is 24.1 Å². The molecule has 1 atom stereocenters. The second-order valence-electron chi connectivity index (χ2n) is 6.40. The van der Waals surface area contributed by atoms with Gasteiger partial charge in [0.15, 0.2) is 0 Å². The molecule has 142 valence electrons. The molecule has 0 saturated heterocycles. The highest BCUT2D eigenvalue weighted by Crippen LogP contribution is 2.41. The van der Waals surface area contributed by atoms with Gasteiger partial charge in [-0.3, -0.25) is 9.59 Å². The van der Waals surface area contributed by atoms with Gasteiger partial charge in [-0.1, -0.05) is 30.3 Å². The summed E-state index contributed by atoms with van der Waals surface area (Å²) in [5, 5.41) is 5.50. The maximum atomic E-state index is 12.6. The minimum Gasteiger partial charge on any atom is -0.491 e. The minimum atomic E-state index is -0.269. The highest BCUT2D eigenvalue weighted by Gasteiger charge is 2.31. The summed E-state index contributed by atoms with van der Waals surface area (Å²) in [6.07, 6.45) is 0.727. The molecule has 0 radical (unpaired) electrons. The molecule has 2 N–H and O–H groups in total. The van der Waals surface area contributed by atoms with Gasteiger partial charge >= 0.3 is 0 Å². The van der Waals surface area contributed by atoms with Gasteiger partial charge in [0.25, 0.3) is 11.8 Å². The third kappa shape index (κ3) is 4.11. The average molecular weight is 368 g/mol. The van der Waals surface area contributed by atoms with Crippen molar-refractivity contribution in [3.8, 4) is 5.75 Å². The zero-order chi connectivity index (χ0) is 19.2. The molecular weight excluding hydrogens is 344 g/mol. The third-order valence-electron chi connectivity index (χ3n) is 4.63. The first-order valence-electron chi connectivity index (χ1n) is 9.00. The van der Waals surface area contributed by atoms with Crippen LogP contribution in [0.2, 0.25) is 0 Å². The number of rotatable bonds is 7. The van der Waals surface area contributed by atoms with Gasteiger partial charge < -0.3 is 20.1 Å². The molecule has 3 rings (SSSR count). The summed E-state index contributed by atoms with van der Waals surface area (Å²) < 4.78 is 10.9. The fourth-order valence-electron chi connectivity index (χ4n) is 3.24. The molecule has 0 aromatic heterocycles. The maximum Gasteiger partial charge on any atom is 0.254 e. The molecule has 0 spiro atoms. The molecule has 1 aliphatic rings. The topological polar surface area (TPSA) is 76.7 Å². The molecular formula is C21H24N2O4. The standard InChI is InChI=1S/C21H24N2O4/c1-22-21(25)17-12-15(20(24)23-9-6-10-26-2)11-16-18(13-27-19(16)17)14-7-4-3-5-8-14/h3-5,7-8,11-12,18H,6,9-10,13H2,1-2H3,(H,22,25)(H,23,24)/t18-/m1/s1. The normalized spacial score (nSPS) is 15.0. The first-order chi connectivity index (χ1) is 13.2. The summed E-state index contributed by atoms with van der Waals surface area (Å²) in [6, 6.07) is 13.4. The van der Waals surface area contributed by atoms with Gasteiger partial charge in [-0.25, -0.2) is 0 Å². The monoisotopic (exact) mass is 368 g/mol. The van der Waals surface area contributed by atoms with Gasteiger partial charge in [-0.2, -0.15) is 0 Å². The number of amides is 2. The van der Waals surface area contributed by atoms with Crippen LogP contribution in [-0.2, 0) is 4.74 Å². The van der Waals surface area contributed by atoms with Crippen molar-refractivity contribution < 1.29 is 19.1 Å². The Labute approximate surface area is 158 Å². The van der Waals surface area contributed by atoms with Gasteiger partial charge in [0, 0.05) is 44.4 Å². The molecule has 1 aliphatic heterocycles. The van der Waals surface area contributed by atoms with Crippen molar-refractivity contribution in [2.24, 2.45) is 0 Å². The molecule has 0 unspecified atom stereocenters. The van der Waals surface area contributed by atoms with E-state index in [9.17, 15) is 9.59 Å². The Morgan fingerprint density at radius 1 is 1.19 bits per heavy atom. The predicted molar refractivity (Wildman–Crippen MR) is 102 cm³/mol. The van der Waals surface area contributed by atoms with E-state index in [-0.39, 0.29) is 17.7 Å². The molecule has 0 bridgehead atoms. The van der Waals surface area contributed by atoms with Gasteiger partial charge in [0.05, 0.1) is 12.2 Å². The first-order valence-corrected chi connectivity index (χ1v) is 9.00. The van der Waals surface area contributed by atoms with Crippen molar-refractivity contribution in [3.05, 3.63) is 64.7 Å². The Balaban J connectivity index is 1.94. The van der Waals surface area contributed by atoms with Crippen LogP contribution in [0.25, 0.3) is 0 Å². The predicted octanol–water partition coefficient (Wildman–Crippen LogP) is 2.34. The number of fused-ring (bicyclic) bond motifs is 1. The van der Waals surface area contributed by atoms with Crippen LogP contribution in [0.15, 0.2) is 42.5 Å². The quantitative estimate of drug-likeness (QED) is 0.736. The summed E-state index contributed by atoms with van der Waals surface area (Å²) in [7, 11) is 3.19. The number of benzene rings is 2. The van der Waals surface area contributed by atoms with E-state index in [1.54, 1.807) is 20.2 Å². The van der Waals surface area contributed by atoms with Crippen LogP contribution in [0.1, 0.15) is 44.2 Å². The molecule has 1 heterocycles. The molecule has 0 saturated carbocycles. The summed E-state index contributed by atoms with van der Waals surface area (Å²) in [4.78, 5) is 24.9. The maximum absolute atomic E-state index is 12.6. The van der Waals surface area contributed by atoms with E-state index in [0.717, 1.165) is 17.5 Å². The average Bonchev–Trinajstić information content (AvgIpc) is 3.14. The SMILES string of the molecule is CNC(=O)c1cc(C(=O)NCCCOC)cc2c1OC[C@@H]2c1ccccc1. The molecule has 0 aliphatic carbocycles. The molecule has 6 nitrogen and oxygen atoms in total. The summed E-state index contributed by atoms with van der Waals surface area (Å²) in [5.74, 6) is 0.0664. The molecule has 27 heavy (non-hydrogen) atoms. The molecule has 2 amide bonds. The van der Waals surface area contributed by atoms with E-state index < -0.39 is 0 Å².